The molecule has 1 aromatic rings. The second-order valence-corrected chi connectivity index (χ2v) is 4.64. The lowest BCUT2D eigenvalue weighted by atomic mass is 10.2. The number of carbonyl (C=O) groups excluding carboxylic acids is 1. The molecule has 0 aliphatic heterocycles. The fraction of sp³-hybridized carbons (Fsp3) is 0.500. The van der Waals surface area contributed by atoms with E-state index in [0.717, 1.165) is 0 Å². The number of benzene rings is 1. The SMILES string of the molecule is CCOC(COc1ccc(C(=O)OC)cc1Br)OCC. The van der Waals surface area contributed by atoms with E-state index in [0.29, 0.717) is 29.0 Å². The van der Waals surface area contributed by atoms with Crippen molar-refractivity contribution in [2.75, 3.05) is 26.9 Å². The maximum absolute atomic E-state index is 11.4. The molecular weight excluding hydrogens is 328 g/mol. The van der Waals surface area contributed by atoms with Crippen LogP contribution in [0.4, 0.5) is 0 Å². The molecule has 5 nitrogen and oxygen atoms in total. The quantitative estimate of drug-likeness (QED) is 0.535. The monoisotopic (exact) mass is 346 g/mol. The van der Waals surface area contributed by atoms with E-state index in [1.54, 1.807) is 18.2 Å². The van der Waals surface area contributed by atoms with Crippen molar-refractivity contribution in [3.8, 4) is 5.75 Å². The Bertz CT molecular complexity index is 430. The summed E-state index contributed by atoms with van der Waals surface area (Å²) in [7, 11) is 1.34. The van der Waals surface area contributed by atoms with Gasteiger partial charge in [0.05, 0.1) is 17.1 Å². The molecule has 1 rings (SSSR count). The topological polar surface area (TPSA) is 54.0 Å². The minimum atomic E-state index is -0.405. The van der Waals surface area contributed by atoms with Crippen LogP contribution < -0.4 is 4.74 Å². The molecule has 0 atom stereocenters. The van der Waals surface area contributed by atoms with Gasteiger partial charge in [-0.15, -0.1) is 0 Å². The highest BCUT2D eigenvalue weighted by Gasteiger charge is 2.12. The van der Waals surface area contributed by atoms with Crippen LogP contribution in [0.5, 0.6) is 5.75 Å². The minimum absolute atomic E-state index is 0.276. The van der Waals surface area contributed by atoms with E-state index in [2.05, 4.69) is 20.7 Å². The van der Waals surface area contributed by atoms with Crippen LogP contribution in [0.25, 0.3) is 0 Å². The molecule has 0 N–H and O–H groups in total. The van der Waals surface area contributed by atoms with Crippen LogP contribution in [0.1, 0.15) is 24.2 Å². The molecule has 0 aromatic heterocycles. The number of methoxy groups -OCH3 is 1. The third kappa shape index (κ3) is 5.11. The zero-order valence-electron chi connectivity index (χ0n) is 11.8. The van der Waals surface area contributed by atoms with E-state index in [1.807, 2.05) is 13.8 Å². The van der Waals surface area contributed by atoms with Crippen LogP contribution in [0.3, 0.4) is 0 Å². The van der Waals surface area contributed by atoms with Gasteiger partial charge in [-0.3, -0.25) is 0 Å². The standard InChI is InChI=1S/C14H19BrO5/c1-4-18-13(19-5-2)9-20-12-7-6-10(8-11(12)15)14(16)17-3/h6-8,13H,4-5,9H2,1-3H3. The number of hydrogen-bond donors (Lipinski definition) is 0. The van der Waals surface area contributed by atoms with Gasteiger partial charge in [-0.05, 0) is 48.0 Å². The third-order valence-electron chi connectivity index (χ3n) is 2.43. The molecule has 0 bridgehead atoms. The Balaban J connectivity index is 2.65. The molecule has 0 aliphatic rings. The summed E-state index contributed by atoms with van der Waals surface area (Å²) in [4.78, 5) is 11.4. The van der Waals surface area contributed by atoms with Crippen molar-refractivity contribution in [3.05, 3.63) is 28.2 Å². The van der Waals surface area contributed by atoms with Crippen LogP contribution >= 0.6 is 15.9 Å². The first-order valence-corrected chi connectivity index (χ1v) is 7.15. The number of hydrogen-bond acceptors (Lipinski definition) is 5. The van der Waals surface area contributed by atoms with E-state index in [9.17, 15) is 4.79 Å². The second kappa shape index (κ2) is 8.94. The molecule has 0 heterocycles. The Labute approximate surface area is 127 Å². The molecule has 20 heavy (non-hydrogen) atoms. The predicted octanol–water partition coefficient (Wildman–Crippen LogP) is 3.01. The summed E-state index contributed by atoms with van der Waals surface area (Å²) in [5, 5.41) is 0. The minimum Gasteiger partial charge on any atom is -0.487 e. The highest BCUT2D eigenvalue weighted by Crippen LogP contribution is 2.26. The van der Waals surface area contributed by atoms with Crippen molar-refractivity contribution in [2.45, 2.75) is 20.1 Å². The van der Waals surface area contributed by atoms with Crippen molar-refractivity contribution in [3.63, 3.8) is 0 Å². The summed E-state index contributed by atoms with van der Waals surface area (Å²) >= 11 is 3.36. The van der Waals surface area contributed by atoms with Crippen LogP contribution in [-0.2, 0) is 14.2 Å². The van der Waals surface area contributed by atoms with Gasteiger partial charge >= 0.3 is 5.97 Å². The van der Waals surface area contributed by atoms with E-state index in [-0.39, 0.29) is 6.61 Å². The summed E-state index contributed by atoms with van der Waals surface area (Å²) in [6.07, 6.45) is -0.405. The fourth-order valence-electron chi connectivity index (χ4n) is 1.54. The molecule has 0 saturated heterocycles. The summed E-state index contributed by atoms with van der Waals surface area (Å²) in [5.41, 5.74) is 0.456. The Hall–Kier alpha value is -1.11. The molecule has 0 amide bonds. The van der Waals surface area contributed by atoms with E-state index in [1.165, 1.54) is 7.11 Å². The summed E-state index contributed by atoms with van der Waals surface area (Å²) in [5.74, 6) is 0.223. The maximum atomic E-state index is 11.4. The molecule has 0 radical (unpaired) electrons. The Morgan fingerprint density at radius 3 is 2.40 bits per heavy atom. The molecule has 0 aliphatic carbocycles. The van der Waals surface area contributed by atoms with Gasteiger partial charge in [-0.1, -0.05) is 0 Å². The fourth-order valence-corrected chi connectivity index (χ4v) is 2.03. The average molecular weight is 347 g/mol. The van der Waals surface area contributed by atoms with Gasteiger partial charge in [-0.2, -0.15) is 0 Å². The van der Waals surface area contributed by atoms with E-state index in [4.69, 9.17) is 14.2 Å². The van der Waals surface area contributed by atoms with Crippen LogP contribution in [0, 0.1) is 0 Å². The van der Waals surface area contributed by atoms with Crippen molar-refractivity contribution in [2.24, 2.45) is 0 Å². The van der Waals surface area contributed by atoms with Gasteiger partial charge < -0.3 is 18.9 Å². The smallest absolute Gasteiger partial charge is 0.337 e. The van der Waals surface area contributed by atoms with Crippen molar-refractivity contribution in [1.82, 2.24) is 0 Å². The molecule has 112 valence electrons. The number of ether oxygens (including phenoxy) is 4. The van der Waals surface area contributed by atoms with Crippen molar-refractivity contribution >= 4 is 21.9 Å². The summed E-state index contributed by atoms with van der Waals surface area (Å²) in [6, 6.07) is 4.99. The zero-order valence-corrected chi connectivity index (χ0v) is 13.4. The van der Waals surface area contributed by atoms with Gasteiger partial charge in [-0.25, -0.2) is 4.79 Å². The number of halogens is 1. The average Bonchev–Trinajstić information content (AvgIpc) is 2.45. The van der Waals surface area contributed by atoms with Crippen LogP contribution in [-0.4, -0.2) is 39.2 Å². The molecule has 0 fully saturated rings. The third-order valence-corrected chi connectivity index (χ3v) is 3.05. The molecule has 0 spiro atoms. The van der Waals surface area contributed by atoms with Crippen molar-refractivity contribution < 1.29 is 23.7 Å². The number of rotatable bonds is 8. The lowest BCUT2D eigenvalue weighted by molar-refractivity contribution is -0.152. The van der Waals surface area contributed by atoms with Crippen molar-refractivity contribution in [1.29, 1.82) is 0 Å². The highest BCUT2D eigenvalue weighted by molar-refractivity contribution is 9.10. The van der Waals surface area contributed by atoms with E-state index < -0.39 is 12.3 Å². The normalized spacial score (nSPS) is 10.7. The van der Waals surface area contributed by atoms with Gasteiger partial charge in [0, 0.05) is 13.2 Å². The van der Waals surface area contributed by atoms with E-state index >= 15 is 0 Å². The lowest BCUT2D eigenvalue weighted by Gasteiger charge is -2.18. The summed E-state index contributed by atoms with van der Waals surface area (Å²) in [6.45, 7) is 5.17. The molecule has 0 unspecified atom stereocenters. The molecular formula is C14H19BrO5. The Morgan fingerprint density at radius 1 is 1.25 bits per heavy atom. The van der Waals surface area contributed by atoms with Gasteiger partial charge in [0.15, 0.2) is 6.29 Å². The maximum Gasteiger partial charge on any atom is 0.337 e. The number of carbonyl (C=O) groups is 1. The molecule has 1 aromatic carbocycles. The largest absolute Gasteiger partial charge is 0.487 e. The van der Waals surface area contributed by atoms with Crippen LogP contribution in [0.2, 0.25) is 0 Å². The Kier molecular flexibility index (Phi) is 7.58. The Morgan fingerprint density at radius 2 is 1.90 bits per heavy atom. The summed E-state index contributed by atoms with van der Waals surface area (Å²) < 4.78 is 21.7. The van der Waals surface area contributed by atoms with Crippen LogP contribution in [0.15, 0.2) is 22.7 Å². The lowest BCUT2D eigenvalue weighted by Crippen LogP contribution is -2.25. The van der Waals surface area contributed by atoms with Gasteiger partial charge in [0.2, 0.25) is 0 Å². The molecule has 6 heteroatoms. The predicted molar refractivity (Wildman–Crippen MR) is 78.0 cm³/mol. The zero-order chi connectivity index (χ0) is 15.0. The molecule has 0 saturated carbocycles. The van der Waals surface area contributed by atoms with Gasteiger partial charge in [0.25, 0.3) is 0 Å². The second-order valence-electron chi connectivity index (χ2n) is 3.79. The highest BCUT2D eigenvalue weighted by atomic mass is 79.9. The first-order valence-electron chi connectivity index (χ1n) is 6.36. The first kappa shape index (κ1) is 16.9. The van der Waals surface area contributed by atoms with Gasteiger partial charge in [0.1, 0.15) is 12.4 Å². The number of esters is 1. The first-order chi connectivity index (χ1) is 9.62.